The van der Waals surface area contributed by atoms with E-state index in [4.69, 9.17) is 20.8 Å². The van der Waals surface area contributed by atoms with E-state index >= 15 is 0 Å². The second-order valence-electron chi connectivity index (χ2n) is 4.63. The molecule has 2 heterocycles. The first kappa shape index (κ1) is 11.8. The first-order valence-corrected chi connectivity index (χ1v) is 6.38. The van der Waals surface area contributed by atoms with Crippen LogP contribution in [0.15, 0.2) is 28.7 Å². The molecular formula is C14H13ClO3. The van der Waals surface area contributed by atoms with Crippen LogP contribution in [0.3, 0.4) is 0 Å². The zero-order valence-electron chi connectivity index (χ0n) is 9.98. The molecule has 0 spiro atoms. The number of rotatable bonds is 2. The van der Waals surface area contributed by atoms with E-state index < -0.39 is 0 Å². The van der Waals surface area contributed by atoms with Crippen LogP contribution in [0.1, 0.15) is 23.9 Å². The summed E-state index contributed by atoms with van der Waals surface area (Å²) in [5.74, 6) is 0.322. The van der Waals surface area contributed by atoms with Crippen LogP contribution in [0.25, 0.3) is 11.0 Å². The Kier molecular flexibility index (Phi) is 2.88. The summed E-state index contributed by atoms with van der Waals surface area (Å²) in [6, 6.07) is 7.09. The van der Waals surface area contributed by atoms with Gasteiger partial charge in [-0.25, -0.2) is 0 Å². The molecule has 1 saturated heterocycles. The van der Waals surface area contributed by atoms with Crippen LogP contribution in [0.2, 0.25) is 5.02 Å². The number of benzene rings is 1. The number of ether oxygens (including phenoxy) is 1. The van der Waals surface area contributed by atoms with Crippen molar-refractivity contribution >= 4 is 28.4 Å². The van der Waals surface area contributed by atoms with E-state index in [0.29, 0.717) is 23.0 Å². The van der Waals surface area contributed by atoms with Crippen molar-refractivity contribution in [3.8, 4) is 0 Å². The molecule has 0 N–H and O–H groups in total. The largest absolute Gasteiger partial charge is 0.453 e. The number of hydrogen-bond donors (Lipinski definition) is 0. The van der Waals surface area contributed by atoms with E-state index in [1.807, 2.05) is 6.92 Å². The van der Waals surface area contributed by atoms with Gasteiger partial charge in [-0.1, -0.05) is 11.6 Å². The van der Waals surface area contributed by atoms with Crippen molar-refractivity contribution in [2.75, 3.05) is 6.61 Å². The lowest BCUT2D eigenvalue weighted by molar-refractivity contribution is 0.0742. The van der Waals surface area contributed by atoms with E-state index in [0.717, 1.165) is 11.8 Å². The third-order valence-electron chi connectivity index (χ3n) is 3.43. The maximum Gasteiger partial charge on any atom is 0.203 e. The molecule has 2 aromatic rings. The zero-order chi connectivity index (χ0) is 12.7. The summed E-state index contributed by atoms with van der Waals surface area (Å²) < 4.78 is 11.0. The monoisotopic (exact) mass is 264 g/mol. The van der Waals surface area contributed by atoms with Gasteiger partial charge in [-0.3, -0.25) is 4.79 Å². The average Bonchev–Trinajstić information content (AvgIpc) is 2.93. The Balaban J connectivity index is 1.96. The van der Waals surface area contributed by atoms with Crippen molar-refractivity contribution in [3.63, 3.8) is 0 Å². The number of Topliss-reactive ketones (excluding diaryl/α,β-unsaturated/α-hetero) is 1. The summed E-state index contributed by atoms with van der Waals surface area (Å²) in [5, 5.41) is 1.50. The first-order valence-electron chi connectivity index (χ1n) is 6.00. The van der Waals surface area contributed by atoms with Crippen LogP contribution < -0.4 is 0 Å². The Bertz CT molecular complexity index is 602. The van der Waals surface area contributed by atoms with Gasteiger partial charge in [0, 0.05) is 17.0 Å². The molecule has 0 amide bonds. The van der Waals surface area contributed by atoms with Gasteiger partial charge in [0.25, 0.3) is 0 Å². The molecule has 3 rings (SSSR count). The predicted octanol–water partition coefficient (Wildman–Crippen LogP) is 3.69. The summed E-state index contributed by atoms with van der Waals surface area (Å²) in [6.07, 6.45) is 0.729. The van der Waals surface area contributed by atoms with Gasteiger partial charge in [0.1, 0.15) is 5.58 Å². The van der Waals surface area contributed by atoms with E-state index in [9.17, 15) is 4.79 Å². The molecule has 0 radical (unpaired) electrons. The average molecular weight is 265 g/mol. The Morgan fingerprint density at radius 1 is 1.39 bits per heavy atom. The van der Waals surface area contributed by atoms with Crippen LogP contribution in [0, 0.1) is 5.92 Å². The number of furan rings is 1. The standard InChI is InChI=1S/C14H13ClO3/c1-8-11(4-5-17-8)14(16)13-7-9-6-10(15)2-3-12(9)18-13/h2-3,6-8,11H,4-5H2,1H3. The molecule has 1 fully saturated rings. The summed E-state index contributed by atoms with van der Waals surface area (Å²) >= 11 is 5.91. The van der Waals surface area contributed by atoms with E-state index in [2.05, 4.69) is 0 Å². The molecular weight excluding hydrogens is 252 g/mol. The molecule has 0 saturated carbocycles. The third-order valence-corrected chi connectivity index (χ3v) is 3.67. The van der Waals surface area contributed by atoms with Gasteiger partial charge in [0.15, 0.2) is 5.76 Å². The second-order valence-corrected chi connectivity index (χ2v) is 5.06. The number of carbonyl (C=O) groups excluding carboxylic acids is 1. The fourth-order valence-electron chi connectivity index (χ4n) is 2.39. The fraction of sp³-hybridized carbons (Fsp3) is 0.357. The van der Waals surface area contributed by atoms with E-state index in [1.54, 1.807) is 24.3 Å². The molecule has 0 bridgehead atoms. The molecule has 1 aromatic carbocycles. The molecule has 1 aliphatic rings. The van der Waals surface area contributed by atoms with Crippen LogP contribution >= 0.6 is 11.6 Å². The molecule has 18 heavy (non-hydrogen) atoms. The summed E-state index contributed by atoms with van der Waals surface area (Å²) in [5.41, 5.74) is 0.689. The van der Waals surface area contributed by atoms with Crippen molar-refractivity contribution in [2.24, 2.45) is 5.92 Å². The van der Waals surface area contributed by atoms with E-state index in [-0.39, 0.29) is 17.8 Å². The smallest absolute Gasteiger partial charge is 0.203 e. The van der Waals surface area contributed by atoms with Crippen molar-refractivity contribution in [2.45, 2.75) is 19.4 Å². The highest BCUT2D eigenvalue weighted by atomic mass is 35.5. The summed E-state index contributed by atoms with van der Waals surface area (Å²) in [4.78, 5) is 12.3. The Morgan fingerprint density at radius 3 is 2.94 bits per heavy atom. The minimum absolute atomic E-state index is 0.0207. The lowest BCUT2D eigenvalue weighted by atomic mass is 9.96. The minimum Gasteiger partial charge on any atom is -0.453 e. The van der Waals surface area contributed by atoms with Crippen LogP contribution in [-0.2, 0) is 4.74 Å². The van der Waals surface area contributed by atoms with Crippen molar-refractivity contribution in [1.82, 2.24) is 0 Å². The highest BCUT2D eigenvalue weighted by molar-refractivity contribution is 6.31. The van der Waals surface area contributed by atoms with Gasteiger partial charge in [-0.15, -0.1) is 0 Å². The number of fused-ring (bicyclic) bond motifs is 1. The van der Waals surface area contributed by atoms with Crippen molar-refractivity contribution in [3.05, 3.63) is 35.0 Å². The Morgan fingerprint density at radius 2 is 2.22 bits per heavy atom. The maximum absolute atomic E-state index is 12.3. The van der Waals surface area contributed by atoms with Gasteiger partial charge in [-0.2, -0.15) is 0 Å². The molecule has 1 aromatic heterocycles. The van der Waals surface area contributed by atoms with Gasteiger partial charge in [0.05, 0.1) is 12.0 Å². The predicted molar refractivity (Wildman–Crippen MR) is 69.1 cm³/mol. The lowest BCUT2D eigenvalue weighted by Crippen LogP contribution is -2.21. The summed E-state index contributed by atoms with van der Waals surface area (Å²) in [6.45, 7) is 2.57. The quantitative estimate of drug-likeness (QED) is 0.777. The van der Waals surface area contributed by atoms with Crippen LogP contribution in [0.5, 0.6) is 0 Å². The van der Waals surface area contributed by atoms with Crippen molar-refractivity contribution in [1.29, 1.82) is 0 Å². The van der Waals surface area contributed by atoms with Crippen LogP contribution in [-0.4, -0.2) is 18.5 Å². The molecule has 2 unspecified atom stereocenters. The second kappa shape index (κ2) is 4.41. The fourth-order valence-corrected chi connectivity index (χ4v) is 2.57. The lowest BCUT2D eigenvalue weighted by Gasteiger charge is -2.10. The number of ketones is 1. The highest BCUT2D eigenvalue weighted by Gasteiger charge is 2.33. The Hall–Kier alpha value is -1.32. The number of halogens is 1. The van der Waals surface area contributed by atoms with Crippen LogP contribution in [0.4, 0.5) is 0 Å². The van der Waals surface area contributed by atoms with Crippen molar-refractivity contribution < 1.29 is 13.9 Å². The van der Waals surface area contributed by atoms with Gasteiger partial charge in [0.2, 0.25) is 5.78 Å². The number of hydrogen-bond acceptors (Lipinski definition) is 3. The molecule has 4 heteroatoms. The Labute approximate surface area is 110 Å². The number of carbonyl (C=O) groups is 1. The van der Waals surface area contributed by atoms with Gasteiger partial charge in [-0.05, 0) is 37.6 Å². The molecule has 0 aliphatic carbocycles. The minimum atomic E-state index is -0.0963. The summed E-state index contributed by atoms with van der Waals surface area (Å²) in [7, 11) is 0. The normalized spacial score (nSPS) is 23.7. The third kappa shape index (κ3) is 1.93. The first-order chi connectivity index (χ1) is 8.65. The highest BCUT2D eigenvalue weighted by Crippen LogP contribution is 2.28. The van der Waals surface area contributed by atoms with Gasteiger partial charge >= 0.3 is 0 Å². The zero-order valence-corrected chi connectivity index (χ0v) is 10.7. The molecule has 1 aliphatic heterocycles. The van der Waals surface area contributed by atoms with Gasteiger partial charge < -0.3 is 9.15 Å². The topological polar surface area (TPSA) is 39.4 Å². The molecule has 3 nitrogen and oxygen atoms in total. The molecule has 94 valence electrons. The molecule has 2 atom stereocenters. The maximum atomic E-state index is 12.3. The van der Waals surface area contributed by atoms with E-state index in [1.165, 1.54) is 0 Å². The SMILES string of the molecule is CC1OCCC1C(=O)c1cc2cc(Cl)ccc2o1.